The summed E-state index contributed by atoms with van der Waals surface area (Å²) in [6.45, 7) is 2.14. The molecule has 1 aliphatic carbocycles. The highest BCUT2D eigenvalue weighted by Gasteiger charge is 2.50. The first-order chi connectivity index (χ1) is 15.3. The van der Waals surface area contributed by atoms with Gasteiger partial charge in [0.25, 0.3) is 0 Å². The number of anilines is 2. The lowest BCUT2D eigenvalue weighted by Crippen LogP contribution is -2.50. The number of nitrogens with zero attached hydrogens (tertiary/aromatic N) is 3. The summed E-state index contributed by atoms with van der Waals surface area (Å²) in [5.41, 5.74) is 0.846. The molecule has 0 bridgehead atoms. The van der Waals surface area contributed by atoms with E-state index in [4.69, 9.17) is 18.0 Å². The molecule has 0 unspecified atom stereocenters. The maximum absolute atomic E-state index is 13.5. The minimum absolute atomic E-state index is 0.0552. The summed E-state index contributed by atoms with van der Waals surface area (Å²) in [4.78, 5) is 30.3. The second kappa shape index (κ2) is 9.21. The lowest BCUT2D eigenvalue weighted by Gasteiger charge is -2.41. The zero-order valence-electron chi connectivity index (χ0n) is 18.2. The Kier molecular flexibility index (Phi) is 6.55. The standard InChI is InChI=1S/C24H30ClN3O4/c1-2-12-28(23(31)32)18-6-9-21(20(25)15-18)26-13-3-10-24(16-26)11-14-27(22(24)30)17-4-7-19(29)8-5-17/h1,6,9,15,17,19,29H,3-5,7-8,10-14,16H2,(H,31,32)/t17?,19?,24-/m0/s1. The van der Waals surface area contributed by atoms with Gasteiger partial charge in [0.05, 0.1) is 28.8 Å². The lowest BCUT2D eigenvalue weighted by molar-refractivity contribution is -0.139. The maximum atomic E-state index is 13.5. The van der Waals surface area contributed by atoms with Crippen molar-refractivity contribution in [3.05, 3.63) is 23.2 Å². The van der Waals surface area contributed by atoms with Crippen LogP contribution < -0.4 is 9.80 Å². The van der Waals surface area contributed by atoms with Crippen LogP contribution in [0.15, 0.2) is 18.2 Å². The Balaban J connectivity index is 1.50. The average molecular weight is 460 g/mol. The summed E-state index contributed by atoms with van der Waals surface area (Å²) < 4.78 is 0. The zero-order chi connectivity index (χ0) is 22.9. The van der Waals surface area contributed by atoms with Crippen LogP contribution in [0.4, 0.5) is 16.2 Å². The van der Waals surface area contributed by atoms with Crippen molar-refractivity contribution in [2.75, 3.05) is 36.0 Å². The van der Waals surface area contributed by atoms with Crippen molar-refractivity contribution in [1.82, 2.24) is 4.90 Å². The fourth-order valence-electron chi connectivity index (χ4n) is 5.56. The summed E-state index contributed by atoms with van der Waals surface area (Å²) in [5, 5.41) is 19.7. The Morgan fingerprint density at radius 3 is 2.66 bits per heavy atom. The molecule has 2 amide bonds. The van der Waals surface area contributed by atoms with Crippen molar-refractivity contribution in [1.29, 1.82) is 0 Å². The van der Waals surface area contributed by atoms with Gasteiger partial charge in [-0.1, -0.05) is 17.5 Å². The summed E-state index contributed by atoms with van der Waals surface area (Å²) in [6.07, 6.45) is 9.83. The third-order valence-electron chi connectivity index (χ3n) is 7.29. The van der Waals surface area contributed by atoms with Crippen LogP contribution in [-0.2, 0) is 4.79 Å². The number of likely N-dealkylation sites (tertiary alicyclic amines) is 1. The number of hydrogen-bond acceptors (Lipinski definition) is 4. The molecule has 3 fully saturated rings. The Hall–Kier alpha value is -2.43. The number of carbonyl (C=O) groups excluding carboxylic acids is 1. The lowest BCUT2D eigenvalue weighted by atomic mass is 9.78. The molecule has 2 heterocycles. The highest BCUT2D eigenvalue weighted by Crippen LogP contribution is 2.44. The van der Waals surface area contributed by atoms with E-state index in [9.17, 15) is 19.8 Å². The SMILES string of the molecule is C#CCN(C(=O)O)c1ccc(N2CCC[C@]3(CCN(C4CCC(O)CC4)C3=O)C2)c(Cl)c1. The van der Waals surface area contributed by atoms with Gasteiger partial charge in [0.2, 0.25) is 5.91 Å². The molecule has 0 aromatic heterocycles. The smallest absolute Gasteiger partial charge is 0.412 e. The molecule has 32 heavy (non-hydrogen) atoms. The molecule has 2 saturated heterocycles. The maximum Gasteiger partial charge on any atom is 0.412 e. The second-order valence-electron chi connectivity index (χ2n) is 9.22. The Morgan fingerprint density at radius 2 is 2.00 bits per heavy atom. The number of piperidine rings is 1. The highest BCUT2D eigenvalue weighted by atomic mass is 35.5. The molecule has 1 spiro atoms. The first-order valence-corrected chi connectivity index (χ1v) is 11.7. The van der Waals surface area contributed by atoms with E-state index in [0.29, 0.717) is 17.3 Å². The first kappa shape index (κ1) is 22.8. The third-order valence-corrected chi connectivity index (χ3v) is 7.60. The number of carbonyl (C=O) groups is 2. The van der Waals surface area contributed by atoms with Gasteiger partial charge in [-0.15, -0.1) is 6.42 Å². The van der Waals surface area contributed by atoms with Gasteiger partial charge < -0.3 is 20.0 Å². The molecule has 4 rings (SSSR count). The number of aliphatic hydroxyl groups excluding tert-OH is 1. The normalized spacial score (nSPS) is 28.1. The molecule has 1 saturated carbocycles. The molecular weight excluding hydrogens is 430 g/mol. The van der Waals surface area contributed by atoms with Crippen molar-refractivity contribution in [2.24, 2.45) is 5.41 Å². The van der Waals surface area contributed by atoms with Gasteiger partial charge in [-0.3, -0.25) is 9.69 Å². The van der Waals surface area contributed by atoms with Gasteiger partial charge in [-0.2, -0.15) is 0 Å². The Morgan fingerprint density at radius 1 is 1.25 bits per heavy atom. The summed E-state index contributed by atoms with van der Waals surface area (Å²) >= 11 is 6.58. The fraction of sp³-hybridized carbons (Fsp3) is 0.583. The molecular formula is C24H30ClN3O4. The molecule has 1 aromatic rings. The number of aliphatic hydroxyl groups is 1. The Bertz CT molecular complexity index is 924. The van der Waals surface area contributed by atoms with Gasteiger partial charge in [0.15, 0.2) is 0 Å². The van der Waals surface area contributed by atoms with Gasteiger partial charge in [-0.25, -0.2) is 4.79 Å². The molecule has 3 aliphatic rings. The molecule has 8 heteroatoms. The van der Waals surface area contributed by atoms with Crippen molar-refractivity contribution < 1.29 is 19.8 Å². The average Bonchev–Trinajstić information content (AvgIpc) is 3.07. The van der Waals surface area contributed by atoms with E-state index in [1.807, 2.05) is 6.07 Å². The van der Waals surface area contributed by atoms with E-state index in [0.717, 1.165) is 68.6 Å². The van der Waals surface area contributed by atoms with E-state index in [2.05, 4.69) is 15.7 Å². The van der Waals surface area contributed by atoms with Gasteiger partial charge in [0, 0.05) is 31.4 Å². The van der Waals surface area contributed by atoms with Crippen LogP contribution in [0.5, 0.6) is 0 Å². The largest absolute Gasteiger partial charge is 0.465 e. The number of terminal acetylenes is 1. The van der Waals surface area contributed by atoms with Crippen LogP contribution >= 0.6 is 11.6 Å². The minimum atomic E-state index is -1.13. The summed E-state index contributed by atoms with van der Waals surface area (Å²) in [5.74, 6) is 2.59. The number of benzene rings is 1. The first-order valence-electron chi connectivity index (χ1n) is 11.3. The van der Waals surface area contributed by atoms with Crippen LogP contribution in [-0.4, -0.2) is 65.4 Å². The quantitative estimate of drug-likeness (QED) is 0.672. The van der Waals surface area contributed by atoms with Crippen LogP contribution in [0.25, 0.3) is 0 Å². The van der Waals surface area contributed by atoms with E-state index in [-0.39, 0.29) is 24.6 Å². The van der Waals surface area contributed by atoms with Crippen LogP contribution in [0, 0.1) is 17.8 Å². The molecule has 2 N–H and O–H groups in total. The number of halogens is 1. The predicted octanol–water partition coefficient (Wildman–Crippen LogP) is 3.58. The molecule has 1 atom stereocenters. The number of amides is 2. The molecule has 1 aromatic carbocycles. The fourth-order valence-corrected chi connectivity index (χ4v) is 5.86. The highest BCUT2D eigenvalue weighted by molar-refractivity contribution is 6.33. The molecule has 2 aliphatic heterocycles. The van der Waals surface area contributed by atoms with Gasteiger partial charge in [-0.05, 0) is 63.1 Å². The van der Waals surface area contributed by atoms with Crippen LogP contribution in [0.2, 0.25) is 5.02 Å². The third kappa shape index (κ3) is 4.26. The Labute approximate surface area is 193 Å². The number of rotatable bonds is 4. The van der Waals surface area contributed by atoms with E-state index >= 15 is 0 Å². The predicted molar refractivity (Wildman–Crippen MR) is 124 cm³/mol. The van der Waals surface area contributed by atoms with Crippen molar-refractivity contribution in [2.45, 2.75) is 57.1 Å². The number of hydrogen-bond donors (Lipinski definition) is 2. The van der Waals surface area contributed by atoms with E-state index in [1.54, 1.807) is 12.1 Å². The summed E-state index contributed by atoms with van der Waals surface area (Å²) in [6, 6.07) is 5.40. The molecule has 172 valence electrons. The number of carboxylic acid groups (broad SMARTS) is 1. The van der Waals surface area contributed by atoms with Crippen molar-refractivity contribution in [3.63, 3.8) is 0 Å². The van der Waals surface area contributed by atoms with Crippen LogP contribution in [0.1, 0.15) is 44.9 Å². The van der Waals surface area contributed by atoms with E-state index < -0.39 is 11.5 Å². The van der Waals surface area contributed by atoms with Crippen molar-refractivity contribution >= 4 is 35.0 Å². The van der Waals surface area contributed by atoms with Gasteiger partial charge in [0.1, 0.15) is 0 Å². The van der Waals surface area contributed by atoms with Crippen molar-refractivity contribution in [3.8, 4) is 12.3 Å². The molecule has 7 nitrogen and oxygen atoms in total. The summed E-state index contributed by atoms with van der Waals surface area (Å²) in [7, 11) is 0. The zero-order valence-corrected chi connectivity index (χ0v) is 18.9. The van der Waals surface area contributed by atoms with Gasteiger partial charge >= 0.3 is 6.09 Å². The minimum Gasteiger partial charge on any atom is -0.465 e. The van der Waals surface area contributed by atoms with Crippen LogP contribution in [0.3, 0.4) is 0 Å². The molecule has 0 radical (unpaired) electrons. The van der Waals surface area contributed by atoms with E-state index in [1.165, 1.54) is 0 Å². The topological polar surface area (TPSA) is 84.3 Å². The monoisotopic (exact) mass is 459 g/mol. The second-order valence-corrected chi connectivity index (χ2v) is 9.63.